The Morgan fingerprint density at radius 2 is 1.31 bits per heavy atom. The number of hydrogen-bond acceptors (Lipinski definition) is 6. The third-order valence-corrected chi connectivity index (χ3v) is 6.19. The summed E-state index contributed by atoms with van der Waals surface area (Å²) >= 11 is 0. The highest BCUT2D eigenvalue weighted by Crippen LogP contribution is 2.20. The van der Waals surface area contributed by atoms with Crippen LogP contribution >= 0.6 is 0 Å². The van der Waals surface area contributed by atoms with Crippen LogP contribution in [-0.2, 0) is 18.9 Å². The van der Waals surface area contributed by atoms with Gasteiger partial charge in [-0.15, -0.1) is 0 Å². The summed E-state index contributed by atoms with van der Waals surface area (Å²) in [6.07, 6.45) is 4.46. The standard InChI is InChI=1S/C31H43N3O5/c1-2-3-4-9-16-32-31(35)33-29-12-7-5-10-27(29)14-15-28-11-6-8-13-30(28)34-17-19-36-21-23-38-25-26-39-24-22-37-20-18-34/h5-8,10-13H,2-4,9,16-26H2,1H3,(H2,32,33,35). The molecule has 1 fully saturated rings. The second-order valence-electron chi connectivity index (χ2n) is 9.19. The van der Waals surface area contributed by atoms with E-state index in [1.54, 1.807) is 0 Å². The number of anilines is 2. The maximum Gasteiger partial charge on any atom is 0.319 e. The molecule has 0 saturated carbocycles. The number of carbonyl (C=O) groups excluding carboxylic acids is 1. The maximum atomic E-state index is 12.4. The third-order valence-electron chi connectivity index (χ3n) is 6.19. The Hall–Kier alpha value is -3.09. The van der Waals surface area contributed by atoms with Crippen LogP contribution < -0.4 is 15.5 Å². The molecule has 1 saturated heterocycles. The molecule has 2 amide bonds. The summed E-state index contributed by atoms with van der Waals surface area (Å²) in [4.78, 5) is 14.7. The van der Waals surface area contributed by atoms with Gasteiger partial charge in [-0.05, 0) is 30.7 Å². The van der Waals surface area contributed by atoms with E-state index in [-0.39, 0.29) is 6.03 Å². The molecule has 0 atom stereocenters. The smallest absolute Gasteiger partial charge is 0.319 e. The Labute approximate surface area is 233 Å². The molecule has 8 heteroatoms. The van der Waals surface area contributed by atoms with Gasteiger partial charge >= 0.3 is 6.03 Å². The van der Waals surface area contributed by atoms with Crippen LogP contribution in [0.15, 0.2) is 48.5 Å². The number of amides is 2. The average molecular weight is 538 g/mol. The molecule has 212 valence electrons. The fourth-order valence-corrected chi connectivity index (χ4v) is 4.08. The molecule has 1 aliphatic rings. The van der Waals surface area contributed by atoms with Crippen LogP contribution in [0.4, 0.5) is 16.2 Å². The highest BCUT2D eigenvalue weighted by atomic mass is 16.6. The zero-order valence-corrected chi connectivity index (χ0v) is 23.2. The monoisotopic (exact) mass is 537 g/mol. The molecule has 8 nitrogen and oxygen atoms in total. The second-order valence-corrected chi connectivity index (χ2v) is 9.19. The number of unbranched alkanes of at least 4 members (excludes halogenated alkanes) is 3. The Morgan fingerprint density at radius 3 is 1.97 bits per heavy atom. The number of hydrogen-bond donors (Lipinski definition) is 2. The minimum absolute atomic E-state index is 0.210. The van der Waals surface area contributed by atoms with Gasteiger partial charge in [0.2, 0.25) is 0 Å². The number of benzene rings is 2. The molecule has 0 radical (unpaired) electrons. The molecular weight excluding hydrogens is 494 g/mol. The van der Waals surface area contributed by atoms with Crippen molar-refractivity contribution >= 4 is 17.4 Å². The van der Waals surface area contributed by atoms with E-state index in [2.05, 4.69) is 40.4 Å². The molecule has 3 rings (SSSR count). The molecule has 2 aromatic carbocycles. The van der Waals surface area contributed by atoms with Crippen molar-refractivity contribution in [3.63, 3.8) is 0 Å². The number of ether oxygens (including phenoxy) is 4. The second kappa shape index (κ2) is 19.0. The van der Waals surface area contributed by atoms with E-state index >= 15 is 0 Å². The van der Waals surface area contributed by atoms with Gasteiger partial charge in [-0.25, -0.2) is 4.79 Å². The van der Waals surface area contributed by atoms with Crippen molar-refractivity contribution in [1.82, 2.24) is 5.32 Å². The quantitative estimate of drug-likeness (QED) is 0.395. The Morgan fingerprint density at radius 1 is 0.744 bits per heavy atom. The maximum absolute atomic E-state index is 12.4. The first kappa shape index (κ1) is 30.5. The Kier molecular flexibility index (Phi) is 14.9. The lowest BCUT2D eigenvalue weighted by Crippen LogP contribution is -2.32. The van der Waals surface area contributed by atoms with Crippen LogP contribution in [0, 0.1) is 11.8 Å². The fraction of sp³-hybridized carbons (Fsp3) is 0.516. The van der Waals surface area contributed by atoms with E-state index in [9.17, 15) is 4.79 Å². The minimum atomic E-state index is -0.210. The summed E-state index contributed by atoms with van der Waals surface area (Å²) in [7, 11) is 0. The normalized spacial score (nSPS) is 15.8. The van der Waals surface area contributed by atoms with Crippen LogP contribution in [0.3, 0.4) is 0 Å². The van der Waals surface area contributed by atoms with E-state index < -0.39 is 0 Å². The van der Waals surface area contributed by atoms with Crippen LogP contribution in [0.2, 0.25) is 0 Å². The highest BCUT2D eigenvalue weighted by Gasteiger charge is 2.11. The molecule has 1 aliphatic heterocycles. The van der Waals surface area contributed by atoms with Gasteiger partial charge in [0.15, 0.2) is 0 Å². The summed E-state index contributed by atoms with van der Waals surface area (Å²) < 4.78 is 22.7. The predicted octanol–water partition coefficient (Wildman–Crippen LogP) is 4.67. The third kappa shape index (κ3) is 12.1. The van der Waals surface area contributed by atoms with E-state index in [1.165, 1.54) is 12.8 Å². The Balaban J connectivity index is 1.68. The van der Waals surface area contributed by atoms with Crippen molar-refractivity contribution < 1.29 is 23.7 Å². The van der Waals surface area contributed by atoms with Crippen LogP contribution in [0.25, 0.3) is 0 Å². The molecule has 0 aliphatic carbocycles. The lowest BCUT2D eigenvalue weighted by Gasteiger charge is -2.26. The molecule has 0 spiro atoms. The predicted molar refractivity (Wildman–Crippen MR) is 156 cm³/mol. The molecule has 1 heterocycles. The summed E-state index contributed by atoms with van der Waals surface area (Å²) in [5, 5.41) is 5.89. The van der Waals surface area contributed by atoms with Crippen molar-refractivity contribution in [2.45, 2.75) is 32.6 Å². The SMILES string of the molecule is CCCCCCNC(=O)Nc1ccccc1C#Cc1ccccc1N1CCOCCOCCOCCOCC1. The number of urea groups is 1. The largest absolute Gasteiger partial charge is 0.377 e. The zero-order chi connectivity index (χ0) is 27.4. The van der Waals surface area contributed by atoms with Gasteiger partial charge in [0.1, 0.15) is 0 Å². The molecule has 2 N–H and O–H groups in total. The topological polar surface area (TPSA) is 81.3 Å². The van der Waals surface area contributed by atoms with Crippen molar-refractivity contribution in [3.8, 4) is 11.8 Å². The summed E-state index contributed by atoms with van der Waals surface area (Å²) in [5.74, 6) is 6.61. The van der Waals surface area contributed by atoms with Gasteiger partial charge in [-0.3, -0.25) is 0 Å². The summed E-state index contributed by atoms with van der Waals surface area (Å²) in [6.45, 7) is 8.69. The van der Waals surface area contributed by atoms with Gasteiger partial charge in [-0.2, -0.15) is 0 Å². The van der Waals surface area contributed by atoms with E-state index in [0.717, 1.165) is 29.7 Å². The molecule has 0 bridgehead atoms. The highest BCUT2D eigenvalue weighted by molar-refractivity contribution is 5.90. The van der Waals surface area contributed by atoms with E-state index in [4.69, 9.17) is 18.9 Å². The van der Waals surface area contributed by atoms with E-state index in [0.29, 0.717) is 78.2 Å². The first-order valence-electron chi connectivity index (χ1n) is 14.1. The number of para-hydroxylation sites is 2. The van der Waals surface area contributed by atoms with Crippen molar-refractivity contribution in [2.75, 3.05) is 82.7 Å². The van der Waals surface area contributed by atoms with E-state index in [1.807, 2.05) is 42.5 Å². The number of nitrogens with one attached hydrogen (secondary N) is 2. The van der Waals surface area contributed by atoms with Gasteiger partial charge < -0.3 is 34.5 Å². The van der Waals surface area contributed by atoms with Crippen LogP contribution in [0.1, 0.15) is 43.7 Å². The number of nitrogens with zero attached hydrogens (tertiary/aromatic N) is 1. The van der Waals surface area contributed by atoms with Crippen LogP contribution in [0.5, 0.6) is 0 Å². The van der Waals surface area contributed by atoms with Gasteiger partial charge in [0, 0.05) is 30.8 Å². The van der Waals surface area contributed by atoms with Gasteiger partial charge in [0.05, 0.1) is 64.2 Å². The molecule has 0 aromatic heterocycles. The Bertz CT molecular complexity index is 1020. The van der Waals surface area contributed by atoms with Crippen LogP contribution in [-0.4, -0.2) is 78.5 Å². The summed E-state index contributed by atoms with van der Waals surface area (Å²) in [5.41, 5.74) is 3.37. The van der Waals surface area contributed by atoms with Crippen molar-refractivity contribution in [3.05, 3.63) is 59.7 Å². The molecular formula is C31H43N3O5. The number of rotatable bonds is 7. The molecule has 39 heavy (non-hydrogen) atoms. The van der Waals surface area contributed by atoms with Crippen molar-refractivity contribution in [2.24, 2.45) is 0 Å². The van der Waals surface area contributed by atoms with Gasteiger partial charge in [-0.1, -0.05) is 62.3 Å². The van der Waals surface area contributed by atoms with Crippen molar-refractivity contribution in [1.29, 1.82) is 0 Å². The zero-order valence-electron chi connectivity index (χ0n) is 23.2. The van der Waals surface area contributed by atoms with Gasteiger partial charge in [0.25, 0.3) is 0 Å². The first-order chi connectivity index (χ1) is 19.3. The number of carbonyl (C=O) groups is 1. The molecule has 2 aromatic rings. The molecule has 0 unspecified atom stereocenters. The average Bonchev–Trinajstić information content (AvgIpc) is 2.96. The minimum Gasteiger partial charge on any atom is -0.377 e. The summed E-state index contributed by atoms with van der Waals surface area (Å²) in [6, 6.07) is 15.5. The first-order valence-corrected chi connectivity index (χ1v) is 14.1. The fourth-order valence-electron chi connectivity index (χ4n) is 4.08. The lowest BCUT2D eigenvalue weighted by atomic mass is 10.1. The lowest BCUT2D eigenvalue weighted by molar-refractivity contribution is 0.00206.